The van der Waals surface area contributed by atoms with Crippen molar-refractivity contribution < 1.29 is 13.9 Å². The van der Waals surface area contributed by atoms with Gasteiger partial charge in [-0.15, -0.1) is 0 Å². The molecule has 0 saturated carbocycles. The lowest BCUT2D eigenvalue weighted by atomic mass is 10.1. The zero-order valence-electron chi connectivity index (χ0n) is 16.6. The number of anilines is 1. The summed E-state index contributed by atoms with van der Waals surface area (Å²) in [6, 6.07) is 20.5. The Hall–Kier alpha value is -3.08. The monoisotopic (exact) mass is 392 g/mol. The number of halogens is 1. The van der Waals surface area contributed by atoms with Crippen LogP contribution in [-0.2, 0) is 4.79 Å². The van der Waals surface area contributed by atoms with Crippen LogP contribution < -0.4 is 9.64 Å². The van der Waals surface area contributed by atoms with Gasteiger partial charge in [-0.1, -0.05) is 43.3 Å². The van der Waals surface area contributed by atoms with Gasteiger partial charge in [-0.2, -0.15) is 0 Å². The fraction of sp³-hybridized carbons (Fsp3) is 0.292. The van der Waals surface area contributed by atoms with Gasteiger partial charge >= 0.3 is 0 Å². The van der Waals surface area contributed by atoms with E-state index < -0.39 is 6.10 Å². The van der Waals surface area contributed by atoms with Crippen molar-refractivity contribution in [2.45, 2.75) is 19.4 Å². The number of nitrogens with zero attached hydrogens (tertiary/aromatic N) is 2. The Balaban J connectivity index is 1.42. The van der Waals surface area contributed by atoms with Crippen LogP contribution in [0.1, 0.15) is 13.3 Å². The van der Waals surface area contributed by atoms with Crippen LogP contribution in [0.25, 0.3) is 10.8 Å². The summed E-state index contributed by atoms with van der Waals surface area (Å²) in [5.41, 5.74) is 0.984. The van der Waals surface area contributed by atoms with Gasteiger partial charge in [-0.3, -0.25) is 4.79 Å². The Morgan fingerprint density at radius 3 is 2.38 bits per heavy atom. The van der Waals surface area contributed by atoms with Crippen molar-refractivity contribution in [2.75, 3.05) is 31.1 Å². The van der Waals surface area contributed by atoms with Gasteiger partial charge in [0.15, 0.2) is 6.10 Å². The molecule has 4 rings (SSSR count). The van der Waals surface area contributed by atoms with Gasteiger partial charge in [-0.25, -0.2) is 4.39 Å². The van der Waals surface area contributed by atoms with Gasteiger partial charge in [-0.05, 0) is 42.1 Å². The second kappa shape index (κ2) is 8.52. The lowest BCUT2D eigenvalue weighted by Gasteiger charge is -2.37. The summed E-state index contributed by atoms with van der Waals surface area (Å²) in [5, 5.41) is 2.11. The van der Waals surface area contributed by atoms with E-state index in [1.165, 1.54) is 12.1 Å². The van der Waals surface area contributed by atoms with E-state index in [-0.39, 0.29) is 11.7 Å². The maximum absolute atomic E-state index is 13.1. The first-order valence-electron chi connectivity index (χ1n) is 10.1. The van der Waals surface area contributed by atoms with Gasteiger partial charge in [0.25, 0.3) is 5.91 Å². The van der Waals surface area contributed by atoms with E-state index in [2.05, 4.69) is 4.90 Å². The summed E-state index contributed by atoms with van der Waals surface area (Å²) in [4.78, 5) is 17.1. The smallest absolute Gasteiger partial charge is 0.263 e. The third-order valence-corrected chi connectivity index (χ3v) is 5.45. The van der Waals surface area contributed by atoms with E-state index >= 15 is 0 Å². The second-order valence-electron chi connectivity index (χ2n) is 7.28. The Morgan fingerprint density at radius 2 is 1.66 bits per heavy atom. The highest BCUT2D eigenvalue weighted by Crippen LogP contribution is 2.27. The van der Waals surface area contributed by atoms with E-state index in [9.17, 15) is 9.18 Å². The highest BCUT2D eigenvalue weighted by molar-refractivity contribution is 5.89. The van der Waals surface area contributed by atoms with Crippen LogP contribution in [-0.4, -0.2) is 43.1 Å². The Bertz CT molecular complexity index is 976. The molecule has 0 spiro atoms. The molecule has 4 nitrogen and oxygen atoms in total. The second-order valence-corrected chi connectivity index (χ2v) is 7.28. The van der Waals surface area contributed by atoms with Crippen LogP contribution in [0.2, 0.25) is 0 Å². The molecule has 0 bridgehead atoms. The van der Waals surface area contributed by atoms with Crippen LogP contribution >= 0.6 is 0 Å². The van der Waals surface area contributed by atoms with E-state index in [1.807, 2.05) is 54.3 Å². The van der Waals surface area contributed by atoms with E-state index in [0.717, 1.165) is 35.3 Å². The topological polar surface area (TPSA) is 32.8 Å². The zero-order valence-corrected chi connectivity index (χ0v) is 16.6. The number of hydrogen-bond acceptors (Lipinski definition) is 3. The van der Waals surface area contributed by atoms with Crippen LogP contribution in [0.3, 0.4) is 0 Å². The predicted molar refractivity (Wildman–Crippen MR) is 114 cm³/mol. The molecule has 0 radical (unpaired) electrons. The molecule has 1 atom stereocenters. The molecule has 0 aliphatic carbocycles. The molecule has 3 aromatic carbocycles. The first kappa shape index (κ1) is 19.2. The van der Waals surface area contributed by atoms with Gasteiger partial charge < -0.3 is 14.5 Å². The Labute approximate surface area is 170 Å². The molecule has 5 heteroatoms. The van der Waals surface area contributed by atoms with E-state index in [0.29, 0.717) is 19.5 Å². The lowest BCUT2D eigenvalue weighted by molar-refractivity contribution is -0.139. The van der Waals surface area contributed by atoms with Crippen LogP contribution in [0, 0.1) is 5.82 Å². The molecular formula is C24H25FN2O2. The molecule has 3 aromatic rings. The van der Waals surface area contributed by atoms with Crippen molar-refractivity contribution in [3.05, 3.63) is 72.5 Å². The summed E-state index contributed by atoms with van der Waals surface area (Å²) in [7, 11) is 0. The summed E-state index contributed by atoms with van der Waals surface area (Å²) < 4.78 is 19.3. The predicted octanol–water partition coefficient (Wildman–Crippen LogP) is 4.49. The standard InChI is InChI=1S/C24H25FN2O2/c1-2-22(29-23-9-5-7-18-6-3-4-8-21(18)23)24(28)27-16-14-26(15-17-27)20-12-10-19(25)11-13-20/h3-13,22H,2,14-17H2,1H3/t22-/m1/s1. The van der Waals surface area contributed by atoms with Crippen molar-refractivity contribution in [2.24, 2.45) is 0 Å². The molecule has 1 saturated heterocycles. The molecular weight excluding hydrogens is 367 g/mol. The van der Waals surface area contributed by atoms with Crippen molar-refractivity contribution in [3.63, 3.8) is 0 Å². The number of ether oxygens (including phenoxy) is 1. The summed E-state index contributed by atoms with van der Waals surface area (Å²) in [6.07, 6.45) is 0.110. The van der Waals surface area contributed by atoms with Gasteiger partial charge in [0.1, 0.15) is 11.6 Å². The first-order chi connectivity index (χ1) is 14.2. The minimum atomic E-state index is -0.502. The molecule has 29 heavy (non-hydrogen) atoms. The quantitative estimate of drug-likeness (QED) is 0.642. The van der Waals surface area contributed by atoms with Crippen LogP contribution in [0.4, 0.5) is 10.1 Å². The van der Waals surface area contributed by atoms with Gasteiger partial charge in [0.2, 0.25) is 0 Å². The van der Waals surface area contributed by atoms with E-state index in [4.69, 9.17) is 4.74 Å². The average molecular weight is 392 g/mol. The largest absolute Gasteiger partial charge is 0.480 e. The number of hydrogen-bond donors (Lipinski definition) is 0. The third kappa shape index (κ3) is 4.19. The minimum absolute atomic E-state index is 0.0270. The van der Waals surface area contributed by atoms with Crippen LogP contribution in [0.15, 0.2) is 66.7 Å². The molecule has 0 N–H and O–H groups in total. The maximum atomic E-state index is 13.1. The maximum Gasteiger partial charge on any atom is 0.263 e. The van der Waals surface area contributed by atoms with Crippen LogP contribution in [0.5, 0.6) is 5.75 Å². The van der Waals surface area contributed by atoms with Gasteiger partial charge in [0, 0.05) is 37.3 Å². The van der Waals surface area contributed by atoms with Crippen molar-refractivity contribution in [1.82, 2.24) is 4.90 Å². The number of amides is 1. The SMILES string of the molecule is CC[C@@H](Oc1cccc2ccccc12)C(=O)N1CCN(c2ccc(F)cc2)CC1. The Morgan fingerprint density at radius 1 is 0.966 bits per heavy atom. The zero-order chi connectivity index (χ0) is 20.2. The molecule has 150 valence electrons. The van der Waals surface area contributed by atoms with E-state index in [1.54, 1.807) is 12.1 Å². The number of fused-ring (bicyclic) bond motifs is 1. The fourth-order valence-corrected chi connectivity index (χ4v) is 3.80. The van der Waals surface area contributed by atoms with Crippen molar-refractivity contribution in [1.29, 1.82) is 0 Å². The number of carbonyl (C=O) groups excluding carboxylic acids is 1. The number of piperazine rings is 1. The number of rotatable bonds is 5. The van der Waals surface area contributed by atoms with Crippen molar-refractivity contribution in [3.8, 4) is 5.75 Å². The lowest BCUT2D eigenvalue weighted by Crippen LogP contribution is -2.52. The minimum Gasteiger partial charge on any atom is -0.480 e. The summed E-state index contributed by atoms with van der Waals surface area (Å²) in [6.45, 7) is 4.68. The molecule has 0 aromatic heterocycles. The molecule has 0 unspecified atom stereocenters. The van der Waals surface area contributed by atoms with Crippen molar-refractivity contribution >= 4 is 22.4 Å². The average Bonchev–Trinajstić information content (AvgIpc) is 2.78. The first-order valence-corrected chi connectivity index (χ1v) is 10.1. The molecule has 1 aliphatic heterocycles. The van der Waals surface area contributed by atoms with Gasteiger partial charge in [0.05, 0.1) is 0 Å². The Kier molecular flexibility index (Phi) is 5.65. The summed E-state index contributed by atoms with van der Waals surface area (Å²) >= 11 is 0. The molecule has 1 heterocycles. The highest BCUT2D eigenvalue weighted by atomic mass is 19.1. The molecule has 1 fully saturated rings. The normalized spacial score (nSPS) is 15.4. The third-order valence-electron chi connectivity index (χ3n) is 5.45. The highest BCUT2D eigenvalue weighted by Gasteiger charge is 2.28. The number of carbonyl (C=O) groups is 1. The fourth-order valence-electron chi connectivity index (χ4n) is 3.80. The molecule has 1 amide bonds. The number of benzene rings is 3. The molecule has 1 aliphatic rings. The summed E-state index contributed by atoms with van der Waals surface area (Å²) in [5.74, 6) is 0.534.